The van der Waals surface area contributed by atoms with E-state index in [2.05, 4.69) is 10.6 Å². The Morgan fingerprint density at radius 1 is 1.35 bits per heavy atom. The van der Waals surface area contributed by atoms with Gasteiger partial charge >= 0.3 is 0 Å². The van der Waals surface area contributed by atoms with Crippen molar-refractivity contribution < 1.29 is 23.1 Å². The van der Waals surface area contributed by atoms with Crippen LogP contribution in [-0.2, 0) is 14.3 Å². The van der Waals surface area contributed by atoms with Crippen LogP contribution >= 0.6 is 12.4 Å². The molecule has 9 heteroatoms. The fourth-order valence-electron chi connectivity index (χ4n) is 2.11. The molecule has 2 fully saturated rings. The Kier molecular flexibility index (Phi) is 6.09. The summed E-state index contributed by atoms with van der Waals surface area (Å²) in [5.41, 5.74) is 0. The van der Waals surface area contributed by atoms with E-state index in [4.69, 9.17) is 4.74 Å². The minimum Gasteiger partial charge on any atom is -0.378 e. The molecule has 0 aromatic carbocycles. The maximum atomic E-state index is 12.9. The molecule has 116 valence electrons. The highest BCUT2D eigenvalue weighted by molar-refractivity contribution is 5.87. The molecule has 1 unspecified atom stereocenters. The quantitative estimate of drug-likeness (QED) is 0.728. The highest BCUT2D eigenvalue weighted by Gasteiger charge is 2.42. The molecular formula is C11H18ClF2N3O3. The van der Waals surface area contributed by atoms with Crippen LogP contribution < -0.4 is 10.6 Å². The summed E-state index contributed by atoms with van der Waals surface area (Å²) >= 11 is 0. The maximum Gasteiger partial charge on any atom is 0.262 e. The van der Waals surface area contributed by atoms with Crippen molar-refractivity contribution in [3.8, 4) is 0 Å². The predicted octanol–water partition coefficient (Wildman–Crippen LogP) is -0.620. The fourth-order valence-corrected chi connectivity index (χ4v) is 2.11. The van der Waals surface area contributed by atoms with Gasteiger partial charge in [0.15, 0.2) is 0 Å². The van der Waals surface area contributed by atoms with Gasteiger partial charge in [-0.05, 0) is 0 Å². The second-order valence-corrected chi connectivity index (χ2v) is 4.70. The normalized spacial score (nSPS) is 24.9. The van der Waals surface area contributed by atoms with Crippen LogP contribution in [0.4, 0.5) is 8.78 Å². The third-order valence-electron chi connectivity index (χ3n) is 3.20. The summed E-state index contributed by atoms with van der Waals surface area (Å²) in [7, 11) is 0. The van der Waals surface area contributed by atoms with Crippen LogP contribution in [0.5, 0.6) is 0 Å². The lowest BCUT2D eigenvalue weighted by Gasteiger charge is -2.27. The zero-order valence-electron chi connectivity index (χ0n) is 10.9. The van der Waals surface area contributed by atoms with E-state index in [1.165, 1.54) is 0 Å². The summed E-state index contributed by atoms with van der Waals surface area (Å²) in [4.78, 5) is 24.9. The molecule has 0 bridgehead atoms. The fraction of sp³-hybridized carbons (Fsp3) is 0.818. The first-order chi connectivity index (χ1) is 8.98. The molecule has 2 aliphatic heterocycles. The number of amides is 2. The summed E-state index contributed by atoms with van der Waals surface area (Å²) < 4.78 is 30.9. The van der Waals surface area contributed by atoms with Gasteiger partial charge in [-0.3, -0.25) is 14.9 Å². The van der Waals surface area contributed by atoms with Gasteiger partial charge in [0.2, 0.25) is 11.8 Å². The number of ether oxygens (including phenoxy) is 1. The zero-order chi connectivity index (χ0) is 13.9. The van der Waals surface area contributed by atoms with Crippen molar-refractivity contribution in [2.75, 3.05) is 39.4 Å². The molecular weight excluding hydrogens is 296 g/mol. The van der Waals surface area contributed by atoms with Crippen molar-refractivity contribution in [3.63, 3.8) is 0 Å². The molecule has 0 radical (unpaired) electrons. The molecule has 1 atom stereocenters. The van der Waals surface area contributed by atoms with Crippen LogP contribution in [-0.4, -0.2) is 68.1 Å². The van der Waals surface area contributed by atoms with Crippen LogP contribution in [0.3, 0.4) is 0 Å². The standard InChI is InChI=1S/C11H17F2N3O3.ClH/c12-11(13)5-8(15-7-11)10(18)14-6-9(17)16-1-3-19-4-2-16;/h8,15H,1-7H2,(H,14,18);1H. The molecule has 2 saturated heterocycles. The summed E-state index contributed by atoms with van der Waals surface area (Å²) in [5, 5.41) is 4.84. The molecule has 2 amide bonds. The first-order valence-electron chi connectivity index (χ1n) is 6.22. The Morgan fingerprint density at radius 2 is 2.00 bits per heavy atom. The van der Waals surface area contributed by atoms with Gasteiger partial charge in [-0.1, -0.05) is 0 Å². The lowest BCUT2D eigenvalue weighted by Crippen LogP contribution is -2.48. The van der Waals surface area contributed by atoms with Gasteiger partial charge in [0, 0.05) is 19.5 Å². The van der Waals surface area contributed by atoms with Crippen LogP contribution in [0, 0.1) is 0 Å². The number of alkyl halides is 2. The van der Waals surface area contributed by atoms with E-state index in [1.54, 1.807) is 4.90 Å². The summed E-state index contributed by atoms with van der Waals surface area (Å²) in [6.45, 7) is 1.29. The van der Waals surface area contributed by atoms with E-state index in [0.717, 1.165) is 0 Å². The van der Waals surface area contributed by atoms with Crippen molar-refractivity contribution in [1.82, 2.24) is 15.5 Å². The van der Waals surface area contributed by atoms with Gasteiger partial charge in [0.1, 0.15) is 0 Å². The third kappa shape index (κ3) is 4.53. The predicted molar refractivity (Wildman–Crippen MR) is 69.0 cm³/mol. The highest BCUT2D eigenvalue weighted by Crippen LogP contribution is 2.24. The van der Waals surface area contributed by atoms with Crippen molar-refractivity contribution in [2.24, 2.45) is 0 Å². The van der Waals surface area contributed by atoms with Gasteiger partial charge in [0.05, 0.1) is 32.3 Å². The Balaban J connectivity index is 0.00000200. The number of morpholine rings is 1. The number of halogens is 3. The van der Waals surface area contributed by atoms with Gasteiger partial charge in [-0.15, -0.1) is 12.4 Å². The van der Waals surface area contributed by atoms with Crippen LogP contribution in [0.25, 0.3) is 0 Å². The number of carbonyl (C=O) groups is 2. The summed E-state index contributed by atoms with van der Waals surface area (Å²) in [5.74, 6) is -3.63. The van der Waals surface area contributed by atoms with Gasteiger partial charge in [-0.2, -0.15) is 0 Å². The summed E-state index contributed by atoms with van der Waals surface area (Å²) in [6.07, 6.45) is -0.523. The van der Waals surface area contributed by atoms with Crippen molar-refractivity contribution in [1.29, 1.82) is 0 Å². The van der Waals surface area contributed by atoms with Crippen LogP contribution in [0.2, 0.25) is 0 Å². The molecule has 2 N–H and O–H groups in total. The zero-order valence-corrected chi connectivity index (χ0v) is 11.7. The SMILES string of the molecule is Cl.O=C(NCC(=O)N1CCOCC1)C1CC(F)(F)CN1. The molecule has 0 spiro atoms. The minimum absolute atomic E-state index is 0. The van der Waals surface area contributed by atoms with E-state index in [9.17, 15) is 18.4 Å². The molecule has 0 aromatic heterocycles. The third-order valence-corrected chi connectivity index (χ3v) is 3.20. The molecule has 2 aliphatic rings. The van der Waals surface area contributed by atoms with Crippen molar-refractivity contribution >= 4 is 24.2 Å². The number of nitrogens with zero attached hydrogens (tertiary/aromatic N) is 1. The second kappa shape index (κ2) is 7.14. The maximum absolute atomic E-state index is 12.9. The molecule has 0 saturated carbocycles. The van der Waals surface area contributed by atoms with Gasteiger partial charge in [-0.25, -0.2) is 8.78 Å². The van der Waals surface area contributed by atoms with E-state index in [-0.39, 0.29) is 24.9 Å². The van der Waals surface area contributed by atoms with Crippen molar-refractivity contribution in [3.05, 3.63) is 0 Å². The van der Waals surface area contributed by atoms with Crippen molar-refractivity contribution in [2.45, 2.75) is 18.4 Å². The smallest absolute Gasteiger partial charge is 0.262 e. The first-order valence-corrected chi connectivity index (χ1v) is 6.22. The molecule has 20 heavy (non-hydrogen) atoms. The topological polar surface area (TPSA) is 70.7 Å². The van der Waals surface area contributed by atoms with Crippen LogP contribution in [0.1, 0.15) is 6.42 Å². The van der Waals surface area contributed by atoms with E-state index < -0.39 is 30.8 Å². The second-order valence-electron chi connectivity index (χ2n) is 4.70. The monoisotopic (exact) mass is 313 g/mol. The van der Waals surface area contributed by atoms with Gasteiger partial charge < -0.3 is 15.0 Å². The van der Waals surface area contributed by atoms with Gasteiger partial charge in [0.25, 0.3) is 5.92 Å². The number of hydrogen-bond donors (Lipinski definition) is 2. The number of nitrogens with one attached hydrogen (secondary N) is 2. The lowest BCUT2D eigenvalue weighted by atomic mass is 10.2. The largest absolute Gasteiger partial charge is 0.378 e. The molecule has 0 aromatic rings. The number of rotatable bonds is 3. The van der Waals surface area contributed by atoms with E-state index in [0.29, 0.717) is 26.3 Å². The Morgan fingerprint density at radius 3 is 2.55 bits per heavy atom. The molecule has 0 aliphatic carbocycles. The Bertz CT molecular complexity index is 365. The highest BCUT2D eigenvalue weighted by atomic mass is 35.5. The minimum atomic E-state index is -2.85. The Labute approximate surface area is 121 Å². The average molecular weight is 314 g/mol. The van der Waals surface area contributed by atoms with E-state index in [1.807, 2.05) is 0 Å². The number of hydrogen-bond acceptors (Lipinski definition) is 4. The lowest BCUT2D eigenvalue weighted by molar-refractivity contribution is -0.136. The Hall–Kier alpha value is -0.990. The molecule has 6 nitrogen and oxygen atoms in total. The van der Waals surface area contributed by atoms with E-state index >= 15 is 0 Å². The van der Waals surface area contributed by atoms with Crippen LogP contribution in [0.15, 0.2) is 0 Å². The number of carbonyl (C=O) groups excluding carboxylic acids is 2. The summed E-state index contributed by atoms with van der Waals surface area (Å²) in [6, 6.07) is -0.924. The average Bonchev–Trinajstić information content (AvgIpc) is 2.77. The first kappa shape index (κ1) is 17.1. The molecule has 2 heterocycles. The molecule has 2 rings (SSSR count).